The van der Waals surface area contributed by atoms with Gasteiger partial charge in [-0.15, -0.1) is 0 Å². The van der Waals surface area contributed by atoms with Crippen LogP contribution in [0, 0.1) is 9.39 Å². The monoisotopic (exact) mass is 488 g/mol. The fourth-order valence-corrected chi connectivity index (χ4v) is 2.61. The first kappa shape index (κ1) is 19.4. The van der Waals surface area contributed by atoms with Gasteiger partial charge in [0.05, 0.1) is 17.7 Å². The number of aliphatic hydroxyl groups excluding tert-OH is 2. The molecule has 1 amide bonds. The second kappa shape index (κ2) is 8.56. The van der Waals surface area contributed by atoms with Crippen molar-refractivity contribution in [1.29, 1.82) is 0 Å². The molecule has 0 saturated carbocycles. The number of aromatic nitrogens is 2. The van der Waals surface area contributed by atoms with Crippen LogP contribution in [-0.2, 0) is 4.84 Å². The summed E-state index contributed by atoms with van der Waals surface area (Å²) in [5.41, 5.74) is 2.51. The molecule has 1 aromatic carbocycles. The summed E-state index contributed by atoms with van der Waals surface area (Å²) >= 11 is 1.98. The van der Waals surface area contributed by atoms with Crippen molar-refractivity contribution in [1.82, 2.24) is 15.4 Å². The Morgan fingerprint density at radius 2 is 2.26 bits per heavy atom. The molecule has 0 radical (unpaired) electrons. The maximum atomic E-state index is 14.2. The Morgan fingerprint density at radius 1 is 1.44 bits per heavy atom. The van der Waals surface area contributed by atoms with E-state index in [2.05, 4.69) is 20.8 Å². The third-order valence-electron chi connectivity index (χ3n) is 3.42. The van der Waals surface area contributed by atoms with Crippen LogP contribution >= 0.6 is 22.6 Å². The predicted molar refractivity (Wildman–Crippen MR) is 101 cm³/mol. The second-order valence-corrected chi connectivity index (χ2v) is 6.62. The van der Waals surface area contributed by atoms with Crippen LogP contribution in [0.3, 0.4) is 0 Å². The molecule has 2 aromatic heterocycles. The number of carbonyl (C=O) groups excluding carboxylic acids is 1. The Kier molecular flexibility index (Phi) is 6.15. The van der Waals surface area contributed by atoms with E-state index in [0.29, 0.717) is 8.96 Å². The van der Waals surface area contributed by atoms with Gasteiger partial charge in [0.25, 0.3) is 0 Å². The van der Waals surface area contributed by atoms with Gasteiger partial charge in [0, 0.05) is 9.77 Å². The maximum Gasteiger partial charge on any atom is 0.312 e. The number of amides is 1. The number of carbonyl (C=O) groups is 1. The molecular formula is C16H14FIN4O5. The number of nitrogens with zero attached hydrogens (tertiary/aromatic N) is 2. The lowest BCUT2D eigenvalue weighted by molar-refractivity contribution is -0.0302. The summed E-state index contributed by atoms with van der Waals surface area (Å²) in [5.74, 6) is -1.50. The first-order valence-corrected chi connectivity index (χ1v) is 8.73. The molecule has 0 spiro atoms. The van der Waals surface area contributed by atoms with Crippen molar-refractivity contribution in [2.75, 3.05) is 18.5 Å². The van der Waals surface area contributed by atoms with E-state index in [1.165, 1.54) is 24.7 Å². The van der Waals surface area contributed by atoms with Crippen LogP contribution in [-0.4, -0.2) is 45.4 Å². The van der Waals surface area contributed by atoms with Crippen molar-refractivity contribution in [3.05, 3.63) is 45.9 Å². The van der Waals surface area contributed by atoms with Crippen molar-refractivity contribution in [2.24, 2.45) is 0 Å². The summed E-state index contributed by atoms with van der Waals surface area (Å²) in [4.78, 5) is 25.0. The molecular weight excluding hydrogens is 474 g/mol. The van der Waals surface area contributed by atoms with Gasteiger partial charge in [-0.25, -0.2) is 19.8 Å². The summed E-state index contributed by atoms with van der Waals surface area (Å²) in [6.45, 7) is -0.841. The van der Waals surface area contributed by atoms with Gasteiger partial charge in [0.2, 0.25) is 11.5 Å². The average molecular weight is 488 g/mol. The van der Waals surface area contributed by atoms with Crippen LogP contribution < -0.4 is 10.8 Å². The average Bonchev–Trinajstić information content (AvgIpc) is 3.02. The quantitative estimate of drug-likeness (QED) is 0.293. The van der Waals surface area contributed by atoms with Crippen molar-refractivity contribution in [2.45, 2.75) is 6.10 Å². The molecule has 0 aliphatic heterocycles. The highest BCUT2D eigenvalue weighted by molar-refractivity contribution is 14.1. The topological polar surface area (TPSA) is 130 Å². The molecule has 0 saturated heterocycles. The second-order valence-electron chi connectivity index (χ2n) is 5.38. The lowest BCUT2D eigenvalue weighted by Gasteiger charge is -2.10. The van der Waals surface area contributed by atoms with Gasteiger partial charge in [-0.3, -0.25) is 9.63 Å². The first-order chi connectivity index (χ1) is 13.0. The molecule has 142 valence electrons. The van der Waals surface area contributed by atoms with E-state index in [9.17, 15) is 14.3 Å². The minimum atomic E-state index is -1.15. The van der Waals surface area contributed by atoms with E-state index in [4.69, 9.17) is 14.4 Å². The number of furan rings is 1. The number of hydrogen-bond donors (Lipinski definition) is 4. The summed E-state index contributed by atoms with van der Waals surface area (Å²) in [5, 5.41) is 21.2. The van der Waals surface area contributed by atoms with E-state index < -0.39 is 24.4 Å². The lowest BCUT2D eigenvalue weighted by Crippen LogP contribution is -2.30. The summed E-state index contributed by atoms with van der Waals surface area (Å²) in [7, 11) is 0. The third kappa shape index (κ3) is 4.50. The highest BCUT2D eigenvalue weighted by Gasteiger charge is 2.23. The summed E-state index contributed by atoms with van der Waals surface area (Å²) in [6.07, 6.45) is 1.52. The molecule has 3 aromatic rings. The summed E-state index contributed by atoms with van der Waals surface area (Å²) < 4.78 is 20.4. The largest absolute Gasteiger partial charge is 0.430 e. The minimum absolute atomic E-state index is 0.124. The van der Waals surface area contributed by atoms with E-state index >= 15 is 0 Å². The molecule has 11 heteroatoms. The smallest absolute Gasteiger partial charge is 0.312 e. The zero-order chi connectivity index (χ0) is 19.4. The lowest BCUT2D eigenvalue weighted by atomic mass is 10.2. The third-order valence-corrected chi connectivity index (χ3v) is 4.09. The van der Waals surface area contributed by atoms with Gasteiger partial charge in [-0.1, -0.05) is 0 Å². The van der Waals surface area contributed by atoms with Crippen LogP contribution in [0.1, 0.15) is 10.6 Å². The zero-order valence-corrected chi connectivity index (χ0v) is 15.8. The number of rotatable bonds is 7. The first-order valence-electron chi connectivity index (χ1n) is 7.65. The normalized spacial score (nSPS) is 12.1. The van der Waals surface area contributed by atoms with Crippen molar-refractivity contribution < 1.29 is 28.7 Å². The van der Waals surface area contributed by atoms with Crippen LogP contribution in [0.4, 0.5) is 15.8 Å². The van der Waals surface area contributed by atoms with Gasteiger partial charge < -0.3 is 19.9 Å². The van der Waals surface area contributed by atoms with E-state index in [-0.39, 0.29) is 29.5 Å². The molecule has 0 unspecified atom stereocenters. The van der Waals surface area contributed by atoms with Gasteiger partial charge in [-0.2, -0.15) is 0 Å². The molecule has 4 N–H and O–H groups in total. The molecule has 3 rings (SSSR count). The predicted octanol–water partition coefficient (Wildman–Crippen LogP) is 1.72. The Hall–Kier alpha value is -2.35. The number of halogens is 2. The zero-order valence-electron chi connectivity index (χ0n) is 13.6. The number of nitrogens with one attached hydrogen (secondary N) is 2. The highest BCUT2D eigenvalue weighted by Crippen LogP contribution is 2.32. The van der Waals surface area contributed by atoms with Crippen LogP contribution in [0.2, 0.25) is 0 Å². The molecule has 0 fully saturated rings. The Bertz CT molecular complexity index is 967. The Morgan fingerprint density at radius 3 is 3.00 bits per heavy atom. The van der Waals surface area contributed by atoms with Gasteiger partial charge in [0.1, 0.15) is 30.5 Å². The van der Waals surface area contributed by atoms with E-state index in [0.717, 1.165) is 0 Å². The van der Waals surface area contributed by atoms with Crippen molar-refractivity contribution in [3.63, 3.8) is 0 Å². The van der Waals surface area contributed by atoms with E-state index in [1.807, 2.05) is 22.6 Å². The molecule has 1 atom stereocenters. The highest BCUT2D eigenvalue weighted by atomic mass is 127. The Balaban J connectivity index is 1.90. The van der Waals surface area contributed by atoms with Gasteiger partial charge in [-0.05, 0) is 40.8 Å². The van der Waals surface area contributed by atoms with E-state index in [1.54, 1.807) is 6.07 Å². The molecule has 27 heavy (non-hydrogen) atoms. The number of benzene rings is 1. The maximum absolute atomic E-state index is 14.2. The summed E-state index contributed by atoms with van der Waals surface area (Å²) in [6, 6.07) is 4.56. The molecule has 9 nitrogen and oxygen atoms in total. The Labute approximate surface area is 165 Å². The number of fused-ring (bicyclic) bond motifs is 1. The van der Waals surface area contributed by atoms with Crippen molar-refractivity contribution >= 4 is 51.0 Å². The molecule has 0 aliphatic carbocycles. The SMILES string of the molecule is O=C(NOC[C@H](O)CO)c1oc2ncncc2c1Nc1ccc(I)cc1F. The van der Waals surface area contributed by atoms with Crippen LogP contribution in [0.5, 0.6) is 0 Å². The minimum Gasteiger partial charge on any atom is -0.430 e. The van der Waals surface area contributed by atoms with Gasteiger partial charge in [0.15, 0.2) is 0 Å². The number of hydrogen-bond acceptors (Lipinski definition) is 8. The standard InChI is InChI=1S/C16H14FIN4O5/c17-11-3-8(18)1-2-12(11)21-13-10-4-19-7-20-16(10)27-14(13)15(25)22-26-6-9(24)5-23/h1-4,7,9,21,23-24H,5-6H2,(H,22,25)/t9-/m1/s1. The number of anilines is 2. The molecule has 2 heterocycles. The number of hydroxylamine groups is 1. The molecule has 0 aliphatic rings. The fourth-order valence-electron chi connectivity index (χ4n) is 2.15. The number of aliphatic hydroxyl groups is 2. The van der Waals surface area contributed by atoms with Crippen LogP contribution in [0.25, 0.3) is 11.1 Å². The fraction of sp³-hybridized carbons (Fsp3) is 0.188. The van der Waals surface area contributed by atoms with Crippen LogP contribution in [0.15, 0.2) is 35.1 Å². The van der Waals surface area contributed by atoms with Crippen molar-refractivity contribution in [3.8, 4) is 0 Å². The van der Waals surface area contributed by atoms with Gasteiger partial charge >= 0.3 is 5.91 Å². The molecule has 0 bridgehead atoms.